The average Bonchev–Trinajstić information content (AvgIpc) is 2.41. The highest BCUT2D eigenvalue weighted by molar-refractivity contribution is 5.90. The summed E-state index contributed by atoms with van der Waals surface area (Å²) in [7, 11) is 1.32. The third-order valence-corrected chi connectivity index (χ3v) is 2.40. The molecule has 0 amide bonds. The van der Waals surface area contributed by atoms with Gasteiger partial charge in [-0.2, -0.15) is 0 Å². The molecule has 18 heavy (non-hydrogen) atoms. The minimum Gasteiger partial charge on any atom is -0.507 e. The number of carbonyl (C=O) groups excluding carboxylic acids is 1. The highest BCUT2D eigenvalue weighted by Gasteiger charge is 2.12. The maximum atomic E-state index is 11.3. The largest absolute Gasteiger partial charge is 0.507 e. The average molecular weight is 254 g/mol. The zero-order chi connectivity index (χ0) is 14.1. The van der Waals surface area contributed by atoms with Crippen LogP contribution < -0.4 is 0 Å². The Hall–Kier alpha value is -1.55. The Morgan fingerprint density at radius 2 is 1.94 bits per heavy atom. The van der Waals surface area contributed by atoms with Gasteiger partial charge in [0.2, 0.25) is 0 Å². The van der Waals surface area contributed by atoms with Crippen LogP contribution in [0.5, 0.6) is 5.75 Å². The lowest BCUT2D eigenvalue weighted by molar-refractivity contribution is 0.0600. The van der Waals surface area contributed by atoms with Crippen molar-refractivity contribution in [3.63, 3.8) is 0 Å². The number of aryl methyl sites for hydroxylation is 2. The normalized spacial score (nSPS) is 9.39. The van der Waals surface area contributed by atoms with Gasteiger partial charge in [0.15, 0.2) is 0 Å². The molecular formula is C14H22O4. The summed E-state index contributed by atoms with van der Waals surface area (Å²) < 4.78 is 4.62. The lowest BCUT2D eigenvalue weighted by Gasteiger charge is -2.09. The summed E-state index contributed by atoms with van der Waals surface area (Å²) in [5.74, 6) is -0.241. The van der Waals surface area contributed by atoms with Gasteiger partial charge in [0.25, 0.3) is 0 Å². The number of ether oxygens (including phenoxy) is 1. The van der Waals surface area contributed by atoms with E-state index in [1.54, 1.807) is 19.1 Å². The van der Waals surface area contributed by atoms with E-state index in [-0.39, 0.29) is 12.4 Å². The molecule has 0 fully saturated rings. The molecule has 4 nitrogen and oxygen atoms in total. The van der Waals surface area contributed by atoms with Crippen molar-refractivity contribution in [2.24, 2.45) is 0 Å². The van der Waals surface area contributed by atoms with Gasteiger partial charge in [0.1, 0.15) is 5.75 Å². The fourth-order valence-electron chi connectivity index (χ4n) is 1.55. The molecule has 0 radical (unpaired) electrons. The van der Waals surface area contributed by atoms with Crippen molar-refractivity contribution in [2.45, 2.75) is 33.6 Å². The van der Waals surface area contributed by atoms with Gasteiger partial charge >= 0.3 is 5.97 Å². The van der Waals surface area contributed by atoms with E-state index in [2.05, 4.69) is 4.74 Å². The Morgan fingerprint density at radius 3 is 2.44 bits per heavy atom. The molecule has 4 heteroatoms. The van der Waals surface area contributed by atoms with E-state index in [9.17, 15) is 9.90 Å². The molecule has 0 bridgehead atoms. The summed E-state index contributed by atoms with van der Waals surface area (Å²) in [6, 6.07) is 3.19. The lowest BCUT2D eigenvalue weighted by atomic mass is 10.0. The van der Waals surface area contributed by atoms with Crippen LogP contribution in [0.4, 0.5) is 0 Å². The van der Waals surface area contributed by atoms with E-state index in [0.29, 0.717) is 29.5 Å². The maximum absolute atomic E-state index is 11.3. The second-order valence-electron chi connectivity index (χ2n) is 3.62. The molecule has 0 heterocycles. The summed E-state index contributed by atoms with van der Waals surface area (Å²) >= 11 is 0. The van der Waals surface area contributed by atoms with E-state index < -0.39 is 5.97 Å². The van der Waals surface area contributed by atoms with Gasteiger partial charge in [-0.25, -0.2) is 4.79 Å². The number of aromatic hydroxyl groups is 1. The summed E-state index contributed by atoms with van der Waals surface area (Å²) in [5, 5.41) is 18.5. The molecule has 1 rings (SSSR count). The molecule has 0 atom stereocenters. The van der Waals surface area contributed by atoms with Crippen LogP contribution in [0.25, 0.3) is 0 Å². The Bertz CT molecular complexity index is 386. The van der Waals surface area contributed by atoms with Crippen molar-refractivity contribution in [1.29, 1.82) is 0 Å². The van der Waals surface area contributed by atoms with Crippen molar-refractivity contribution < 1.29 is 19.7 Å². The zero-order valence-electron chi connectivity index (χ0n) is 11.5. The van der Waals surface area contributed by atoms with Crippen molar-refractivity contribution in [2.75, 3.05) is 13.7 Å². The molecule has 0 unspecified atom stereocenters. The summed E-state index contributed by atoms with van der Waals surface area (Å²) in [5.41, 5.74) is 1.72. The quantitative estimate of drug-likeness (QED) is 0.810. The van der Waals surface area contributed by atoms with Crippen molar-refractivity contribution in [1.82, 2.24) is 0 Å². The first kappa shape index (κ1) is 16.4. The van der Waals surface area contributed by atoms with Crippen LogP contribution in [0.1, 0.15) is 41.8 Å². The third-order valence-electron chi connectivity index (χ3n) is 2.40. The van der Waals surface area contributed by atoms with Crippen LogP contribution in [-0.2, 0) is 11.2 Å². The molecule has 0 aromatic heterocycles. The maximum Gasteiger partial charge on any atom is 0.337 e. The van der Waals surface area contributed by atoms with Gasteiger partial charge in [-0.05, 0) is 43.0 Å². The molecule has 2 N–H and O–H groups in total. The number of esters is 1. The van der Waals surface area contributed by atoms with Crippen LogP contribution in [0.15, 0.2) is 12.1 Å². The van der Waals surface area contributed by atoms with Gasteiger partial charge in [-0.1, -0.05) is 13.8 Å². The van der Waals surface area contributed by atoms with Crippen LogP contribution in [0.3, 0.4) is 0 Å². The molecule has 102 valence electrons. The molecule has 0 aliphatic rings. The number of benzene rings is 1. The number of phenols is 1. The first-order valence-electron chi connectivity index (χ1n) is 6.11. The van der Waals surface area contributed by atoms with E-state index in [1.807, 2.05) is 13.8 Å². The topological polar surface area (TPSA) is 66.8 Å². The first-order valence-corrected chi connectivity index (χ1v) is 6.11. The number of aliphatic hydroxyl groups excluding tert-OH is 1. The molecule has 0 saturated carbocycles. The number of carbonyl (C=O) groups is 1. The minimum absolute atomic E-state index is 0.0565. The van der Waals surface area contributed by atoms with Gasteiger partial charge in [0.05, 0.1) is 12.7 Å². The second kappa shape index (κ2) is 8.53. The molecule has 1 aromatic rings. The predicted molar refractivity (Wildman–Crippen MR) is 70.9 cm³/mol. The highest BCUT2D eigenvalue weighted by Crippen LogP contribution is 2.25. The summed E-state index contributed by atoms with van der Waals surface area (Å²) in [4.78, 5) is 11.3. The van der Waals surface area contributed by atoms with Crippen LogP contribution in [-0.4, -0.2) is 29.9 Å². The SMILES string of the molecule is CC.COC(=O)c1cc(C)c(O)c(CCCO)c1. The Labute approximate surface area is 108 Å². The van der Waals surface area contributed by atoms with Crippen molar-refractivity contribution >= 4 is 5.97 Å². The molecular weight excluding hydrogens is 232 g/mol. The van der Waals surface area contributed by atoms with Crippen LogP contribution >= 0.6 is 0 Å². The summed E-state index contributed by atoms with van der Waals surface area (Å²) in [6.07, 6.45) is 1.09. The molecule has 0 aliphatic carbocycles. The zero-order valence-corrected chi connectivity index (χ0v) is 11.5. The second-order valence-corrected chi connectivity index (χ2v) is 3.62. The van der Waals surface area contributed by atoms with Crippen LogP contribution in [0.2, 0.25) is 0 Å². The van der Waals surface area contributed by atoms with Gasteiger partial charge in [-0.3, -0.25) is 0 Å². The van der Waals surface area contributed by atoms with Gasteiger partial charge in [-0.15, -0.1) is 0 Å². The number of hydrogen-bond acceptors (Lipinski definition) is 4. The predicted octanol–water partition coefficient (Wildman–Crippen LogP) is 2.44. The van der Waals surface area contributed by atoms with Crippen molar-refractivity contribution in [3.8, 4) is 5.75 Å². The number of hydrogen-bond donors (Lipinski definition) is 2. The van der Waals surface area contributed by atoms with E-state index in [0.717, 1.165) is 0 Å². The Kier molecular flexibility index (Phi) is 7.79. The third kappa shape index (κ3) is 4.37. The number of rotatable bonds is 4. The number of phenolic OH excluding ortho intramolecular Hbond substituents is 1. The van der Waals surface area contributed by atoms with Gasteiger partial charge in [0, 0.05) is 6.61 Å². The fourth-order valence-corrected chi connectivity index (χ4v) is 1.55. The lowest BCUT2D eigenvalue weighted by Crippen LogP contribution is -2.03. The van der Waals surface area contributed by atoms with E-state index in [4.69, 9.17) is 5.11 Å². The molecule has 0 saturated heterocycles. The number of aliphatic hydroxyl groups is 1. The number of methoxy groups -OCH3 is 1. The van der Waals surface area contributed by atoms with E-state index >= 15 is 0 Å². The van der Waals surface area contributed by atoms with Gasteiger partial charge < -0.3 is 14.9 Å². The molecule has 1 aromatic carbocycles. The molecule has 0 spiro atoms. The van der Waals surface area contributed by atoms with Crippen LogP contribution in [0, 0.1) is 6.92 Å². The minimum atomic E-state index is -0.423. The molecule has 0 aliphatic heterocycles. The summed E-state index contributed by atoms with van der Waals surface area (Å²) in [6.45, 7) is 5.78. The Balaban J connectivity index is 0.00000137. The fraction of sp³-hybridized carbons (Fsp3) is 0.500. The highest BCUT2D eigenvalue weighted by atomic mass is 16.5. The smallest absolute Gasteiger partial charge is 0.337 e. The first-order chi connectivity index (χ1) is 8.60. The Morgan fingerprint density at radius 1 is 1.33 bits per heavy atom. The monoisotopic (exact) mass is 254 g/mol. The van der Waals surface area contributed by atoms with Crippen molar-refractivity contribution in [3.05, 3.63) is 28.8 Å². The van der Waals surface area contributed by atoms with E-state index in [1.165, 1.54) is 7.11 Å². The standard InChI is InChI=1S/C12H16O4.C2H6/c1-8-6-10(12(15)16-2)7-9(11(8)14)4-3-5-13;1-2/h6-7,13-14H,3-5H2,1-2H3;1-2H3.